The van der Waals surface area contributed by atoms with Crippen LogP contribution in [0.1, 0.15) is 39.5 Å². The van der Waals surface area contributed by atoms with Crippen molar-refractivity contribution in [3.8, 4) is 5.75 Å². The zero-order valence-electron chi connectivity index (χ0n) is 19.8. The molecule has 0 radical (unpaired) electrons. The number of nitrogens with zero attached hydrogens (tertiary/aromatic N) is 4. The summed E-state index contributed by atoms with van der Waals surface area (Å²) in [6.45, 7) is 0. The van der Waals surface area contributed by atoms with Crippen molar-refractivity contribution in [1.82, 2.24) is 10.4 Å². The predicted molar refractivity (Wildman–Crippen MR) is 142 cm³/mol. The van der Waals surface area contributed by atoms with Crippen molar-refractivity contribution >= 4 is 23.5 Å². The van der Waals surface area contributed by atoms with Gasteiger partial charge in [0.05, 0.1) is 30.8 Å². The van der Waals surface area contributed by atoms with Gasteiger partial charge in [0, 0.05) is 24.4 Å². The van der Waals surface area contributed by atoms with Crippen molar-refractivity contribution in [2.24, 2.45) is 10.2 Å². The third-order valence-corrected chi connectivity index (χ3v) is 6.00. The topological polar surface area (TPSA) is 79.2 Å². The molecule has 0 spiro atoms. The molecular weight excluding hydrogens is 450 g/mol. The first-order chi connectivity index (χ1) is 17.7. The summed E-state index contributed by atoms with van der Waals surface area (Å²) in [7, 11) is 1.67. The van der Waals surface area contributed by atoms with Crippen LogP contribution in [0.5, 0.6) is 5.75 Å². The SMILES string of the molecule is COc1ccc([C@H]2CC(c3ccccc3)=NN2c2ccc(/C=N\NC(=O)c3ccncc3)cc2)cc1. The summed E-state index contributed by atoms with van der Waals surface area (Å²) in [5.74, 6) is 0.541. The lowest BCUT2D eigenvalue weighted by Crippen LogP contribution is -2.18. The number of pyridine rings is 1. The summed E-state index contributed by atoms with van der Waals surface area (Å²) >= 11 is 0. The average molecular weight is 476 g/mol. The van der Waals surface area contributed by atoms with Crippen LogP contribution < -0.4 is 15.2 Å². The molecule has 36 heavy (non-hydrogen) atoms. The smallest absolute Gasteiger partial charge is 0.271 e. The standard InChI is InChI=1S/C29H25N5O2/c1-36-26-13-9-23(10-14-26)28-19-27(22-5-3-2-4-6-22)33-34(28)25-11-7-21(8-12-25)20-31-32-29(35)24-15-17-30-18-16-24/h2-18,20,28H,19H2,1H3,(H,32,35)/b31-20-/t28-/m1/s1. The largest absolute Gasteiger partial charge is 0.497 e. The van der Waals surface area contributed by atoms with Crippen molar-refractivity contribution in [2.45, 2.75) is 12.5 Å². The second-order valence-electron chi connectivity index (χ2n) is 8.28. The van der Waals surface area contributed by atoms with Gasteiger partial charge in [-0.05, 0) is 53.1 Å². The number of amides is 1. The normalized spacial score (nSPS) is 15.1. The summed E-state index contributed by atoms with van der Waals surface area (Å²) in [6.07, 6.45) is 5.55. The molecule has 1 aromatic heterocycles. The minimum absolute atomic E-state index is 0.0604. The molecule has 7 heteroatoms. The Morgan fingerprint density at radius 3 is 2.39 bits per heavy atom. The van der Waals surface area contributed by atoms with Gasteiger partial charge in [-0.15, -0.1) is 0 Å². The first-order valence-corrected chi connectivity index (χ1v) is 11.6. The Hall–Kier alpha value is -4.78. The lowest BCUT2D eigenvalue weighted by atomic mass is 9.98. The van der Waals surface area contributed by atoms with E-state index in [1.807, 2.05) is 54.6 Å². The number of anilines is 1. The monoisotopic (exact) mass is 475 g/mol. The second-order valence-corrected chi connectivity index (χ2v) is 8.28. The molecule has 7 nitrogen and oxygen atoms in total. The molecule has 1 atom stereocenters. The fourth-order valence-corrected chi connectivity index (χ4v) is 4.09. The van der Waals surface area contributed by atoms with Gasteiger partial charge in [-0.2, -0.15) is 10.2 Å². The van der Waals surface area contributed by atoms with Crippen LogP contribution in [0.2, 0.25) is 0 Å². The van der Waals surface area contributed by atoms with Gasteiger partial charge in [0.2, 0.25) is 0 Å². The van der Waals surface area contributed by atoms with Crippen molar-refractivity contribution in [1.29, 1.82) is 0 Å². The van der Waals surface area contributed by atoms with E-state index in [9.17, 15) is 4.79 Å². The first-order valence-electron chi connectivity index (χ1n) is 11.6. The van der Waals surface area contributed by atoms with Crippen LogP contribution in [-0.2, 0) is 0 Å². The van der Waals surface area contributed by atoms with Crippen molar-refractivity contribution in [3.63, 3.8) is 0 Å². The number of nitrogens with one attached hydrogen (secondary N) is 1. The molecule has 1 aliphatic heterocycles. The molecule has 0 fully saturated rings. The Labute approximate surface area is 209 Å². The minimum Gasteiger partial charge on any atom is -0.497 e. The summed E-state index contributed by atoms with van der Waals surface area (Å²) in [6, 6.07) is 29.7. The number of ether oxygens (including phenoxy) is 1. The van der Waals surface area contributed by atoms with Crippen LogP contribution in [0.15, 0.2) is 114 Å². The van der Waals surface area contributed by atoms with Gasteiger partial charge < -0.3 is 4.74 Å². The maximum atomic E-state index is 12.1. The first kappa shape index (κ1) is 23.0. The van der Waals surface area contributed by atoms with Gasteiger partial charge in [-0.25, -0.2) is 5.43 Å². The van der Waals surface area contributed by atoms with E-state index in [4.69, 9.17) is 9.84 Å². The highest BCUT2D eigenvalue weighted by molar-refractivity contribution is 6.03. The highest BCUT2D eigenvalue weighted by Crippen LogP contribution is 2.37. The van der Waals surface area contributed by atoms with Crippen molar-refractivity contribution in [2.75, 3.05) is 12.1 Å². The summed E-state index contributed by atoms with van der Waals surface area (Å²) in [4.78, 5) is 16.1. The van der Waals surface area contributed by atoms with E-state index >= 15 is 0 Å². The fourth-order valence-electron chi connectivity index (χ4n) is 4.09. The molecule has 0 aliphatic carbocycles. The van der Waals surface area contributed by atoms with Gasteiger partial charge in [-0.1, -0.05) is 54.6 Å². The van der Waals surface area contributed by atoms with E-state index in [2.05, 4.69) is 44.8 Å². The van der Waals surface area contributed by atoms with Crippen LogP contribution in [0, 0.1) is 0 Å². The number of rotatable bonds is 7. The molecule has 2 heterocycles. The van der Waals surface area contributed by atoms with E-state index < -0.39 is 0 Å². The predicted octanol–water partition coefficient (Wildman–Crippen LogP) is 5.21. The van der Waals surface area contributed by atoms with Crippen molar-refractivity contribution in [3.05, 3.63) is 126 Å². The maximum absolute atomic E-state index is 12.1. The zero-order valence-corrected chi connectivity index (χ0v) is 19.8. The highest BCUT2D eigenvalue weighted by Gasteiger charge is 2.29. The van der Waals surface area contributed by atoms with Crippen LogP contribution >= 0.6 is 0 Å². The van der Waals surface area contributed by atoms with Gasteiger partial charge in [0.1, 0.15) is 5.75 Å². The Morgan fingerprint density at radius 2 is 1.69 bits per heavy atom. The molecular formula is C29H25N5O2. The van der Waals surface area contributed by atoms with Gasteiger partial charge in [0.25, 0.3) is 5.91 Å². The Kier molecular flexibility index (Phi) is 6.80. The van der Waals surface area contributed by atoms with Crippen LogP contribution in [0.3, 0.4) is 0 Å². The fraction of sp³-hybridized carbons (Fsp3) is 0.103. The van der Waals surface area contributed by atoms with Crippen LogP contribution in [0.25, 0.3) is 0 Å². The number of carbonyl (C=O) groups excluding carboxylic acids is 1. The zero-order chi connectivity index (χ0) is 24.7. The number of benzene rings is 3. The van der Waals surface area contributed by atoms with Crippen LogP contribution in [0.4, 0.5) is 5.69 Å². The van der Waals surface area contributed by atoms with E-state index in [0.717, 1.165) is 40.3 Å². The van der Waals surface area contributed by atoms with Crippen LogP contribution in [-0.4, -0.2) is 29.9 Å². The number of hydrogen-bond donors (Lipinski definition) is 1. The molecule has 178 valence electrons. The molecule has 3 aromatic carbocycles. The molecule has 0 saturated heterocycles. The van der Waals surface area contributed by atoms with Gasteiger partial charge in [0.15, 0.2) is 0 Å². The number of methoxy groups -OCH3 is 1. The highest BCUT2D eigenvalue weighted by atomic mass is 16.5. The molecule has 4 aromatic rings. The molecule has 0 unspecified atom stereocenters. The number of carbonyl (C=O) groups is 1. The minimum atomic E-state index is -0.285. The quantitative estimate of drug-likeness (QED) is 0.294. The van der Waals surface area contributed by atoms with E-state index in [-0.39, 0.29) is 11.9 Å². The number of hydrogen-bond acceptors (Lipinski definition) is 6. The third-order valence-electron chi connectivity index (χ3n) is 6.00. The molecule has 1 amide bonds. The summed E-state index contributed by atoms with van der Waals surface area (Å²) in [5, 5.41) is 11.1. The second kappa shape index (κ2) is 10.7. The molecule has 0 bridgehead atoms. The van der Waals surface area contributed by atoms with Gasteiger partial charge >= 0.3 is 0 Å². The van der Waals surface area contributed by atoms with Crippen molar-refractivity contribution < 1.29 is 9.53 Å². The Morgan fingerprint density at radius 1 is 0.972 bits per heavy atom. The number of aromatic nitrogens is 1. The molecule has 1 N–H and O–H groups in total. The van der Waals surface area contributed by atoms with E-state index in [1.165, 1.54) is 0 Å². The Bertz CT molecular complexity index is 1370. The maximum Gasteiger partial charge on any atom is 0.271 e. The molecule has 1 aliphatic rings. The Balaban J connectivity index is 1.35. The lowest BCUT2D eigenvalue weighted by Gasteiger charge is -2.24. The number of hydrazone groups is 2. The third kappa shape index (κ3) is 5.15. The van der Waals surface area contributed by atoms with E-state index in [0.29, 0.717) is 5.56 Å². The average Bonchev–Trinajstić information content (AvgIpc) is 3.40. The molecule has 5 rings (SSSR count). The summed E-state index contributed by atoms with van der Waals surface area (Å²) in [5.41, 5.74) is 8.20. The van der Waals surface area contributed by atoms with Gasteiger partial charge in [-0.3, -0.25) is 14.8 Å². The van der Waals surface area contributed by atoms with E-state index in [1.54, 1.807) is 37.9 Å². The lowest BCUT2D eigenvalue weighted by molar-refractivity contribution is 0.0955. The summed E-state index contributed by atoms with van der Waals surface area (Å²) < 4.78 is 5.34. The molecule has 0 saturated carbocycles.